The molecule has 2 aromatic heterocycles. The van der Waals surface area contributed by atoms with Gasteiger partial charge in [0.25, 0.3) is 5.91 Å². The van der Waals surface area contributed by atoms with E-state index in [4.69, 9.17) is 0 Å². The Morgan fingerprint density at radius 1 is 1.30 bits per heavy atom. The molecule has 7 nitrogen and oxygen atoms in total. The van der Waals surface area contributed by atoms with Gasteiger partial charge in [-0.05, 0) is 48.8 Å². The molecular formula is C15H18BrN5O2. The Morgan fingerprint density at radius 3 is 2.61 bits per heavy atom. The monoisotopic (exact) mass is 379 g/mol. The summed E-state index contributed by atoms with van der Waals surface area (Å²) in [6.45, 7) is 5.78. The summed E-state index contributed by atoms with van der Waals surface area (Å²) in [5, 5.41) is 9.39. The molecule has 0 radical (unpaired) electrons. The number of carbonyl (C=O) groups excluding carboxylic acids is 2. The minimum Gasteiger partial charge on any atom is -0.342 e. The number of nitrogens with zero attached hydrogens (tertiary/aromatic N) is 3. The zero-order valence-electron chi connectivity index (χ0n) is 13.1. The maximum Gasteiger partial charge on any atom is 0.273 e. The molecule has 23 heavy (non-hydrogen) atoms. The minimum atomic E-state index is -0.420. The van der Waals surface area contributed by atoms with E-state index in [1.54, 1.807) is 35.3 Å². The molecule has 0 aliphatic heterocycles. The van der Waals surface area contributed by atoms with Crippen molar-refractivity contribution in [3.05, 3.63) is 40.8 Å². The maximum absolute atomic E-state index is 12.2. The number of rotatable bonds is 4. The van der Waals surface area contributed by atoms with E-state index in [0.717, 1.165) is 0 Å². The van der Waals surface area contributed by atoms with Gasteiger partial charge in [0, 0.05) is 12.4 Å². The maximum atomic E-state index is 12.2. The molecule has 0 saturated heterocycles. The fourth-order valence-electron chi connectivity index (χ4n) is 1.72. The number of hydrogen-bond acceptors (Lipinski definition) is 4. The lowest BCUT2D eigenvalue weighted by Gasteiger charge is -2.18. The van der Waals surface area contributed by atoms with E-state index >= 15 is 0 Å². The van der Waals surface area contributed by atoms with Crippen LogP contribution < -0.4 is 10.6 Å². The van der Waals surface area contributed by atoms with Gasteiger partial charge in [-0.15, -0.1) is 0 Å². The van der Waals surface area contributed by atoms with Crippen LogP contribution in [0.2, 0.25) is 0 Å². The summed E-state index contributed by atoms with van der Waals surface area (Å²) < 4.78 is 2.27. The van der Waals surface area contributed by atoms with Gasteiger partial charge in [-0.2, -0.15) is 5.10 Å². The fourth-order valence-corrected chi connectivity index (χ4v) is 2.17. The SMILES string of the molecule is CC(C)(C)n1cc(Br)c(C(=O)NCC(=O)Nc2ccccn2)n1. The number of nitrogens with one attached hydrogen (secondary N) is 2. The Bertz CT molecular complexity index is 706. The lowest BCUT2D eigenvalue weighted by molar-refractivity contribution is -0.115. The molecule has 8 heteroatoms. The summed E-state index contributed by atoms with van der Waals surface area (Å²) in [5.41, 5.74) is 0.00257. The molecular weight excluding hydrogens is 362 g/mol. The molecule has 122 valence electrons. The normalized spacial score (nSPS) is 11.1. The predicted molar refractivity (Wildman–Crippen MR) is 90.1 cm³/mol. The summed E-state index contributed by atoms with van der Waals surface area (Å²) in [4.78, 5) is 27.9. The van der Waals surface area contributed by atoms with Crippen molar-refractivity contribution < 1.29 is 9.59 Å². The van der Waals surface area contributed by atoms with Crippen molar-refractivity contribution in [1.82, 2.24) is 20.1 Å². The molecule has 2 amide bonds. The Morgan fingerprint density at radius 2 is 2.04 bits per heavy atom. The lowest BCUT2D eigenvalue weighted by atomic mass is 10.1. The first-order valence-corrected chi connectivity index (χ1v) is 7.81. The van der Waals surface area contributed by atoms with Gasteiger partial charge < -0.3 is 10.6 Å². The topological polar surface area (TPSA) is 88.9 Å². The molecule has 0 aliphatic rings. The summed E-state index contributed by atoms with van der Waals surface area (Å²) in [5.74, 6) is -0.343. The highest BCUT2D eigenvalue weighted by Crippen LogP contribution is 2.20. The second kappa shape index (κ2) is 6.91. The summed E-state index contributed by atoms with van der Waals surface area (Å²) >= 11 is 3.32. The largest absolute Gasteiger partial charge is 0.342 e. The van der Waals surface area contributed by atoms with Crippen LogP contribution in [0.5, 0.6) is 0 Å². The van der Waals surface area contributed by atoms with Crippen LogP contribution in [-0.4, -0.2) is 33.1 Å². The second-order valence-electron chi connectivity index (χ2n) is 5.89. The van der Waals surface area contributed by atoms with Crippen molar-refractivity contribution in [2.75, 3.05) is 11.9 Å². The predicted octanol–water partition coefficient (Wildman–Crippen LogP) is 2.16. The molecule has 0 spiro atoms. The van der Waals surface area contributed by atoms with E-state index in [9.17, 15) is 9.59 Å². The number of halogens is 1. The molecule has 0 saturated carbocycles. The van der Waals surface area contributed by atoms with E-state index in [-0.39, 0.29) is 23.7 Å². The number of pyridine rings is 1. The highest BCUT2D eigenvalue weighted by molar-refractivity contribution is 9.10. The van der Waals surface area contributed by atoms with Crippen LogP contribution in [0.25, 0.3) is 0 Å². The van der Waals surface area contributed by atoms with Gasteiger partial charge in [-0.3, -0.25) is 14.3 Å². The zero-order chi connectivity index (χ0) is 17.0. The van der Waals surface area contributed by atoms with Crippen LogP contribution in [0.1, 0.15) is 31.3 Å². The first kappa shape index (κ1) is 17.1. The molecule has 0 fully saturated rings. The summed E-state index contributed by atoms with van der Waals surface area (Å²) in [6.07, 6.45) is 3.31. The fraction of sp³-hybridized carbons (Fsp3) is 0.333. The standard InChI is InChI=1S/C15H18BrN5O2/c1-15(2,3)21-9-10(16)13(20-21)14(23)18-8-12(22)19-11-6-4-5-7-17-11/h4-7,9H,8H2,1-3H3,(H,18,23)(H,17,19,22). The molecule has 0 unspecified atom stereocenters. The van der Waals surface area contributed by atoms with Gasteiger partial charge in [0.1, 0.15) is 5.82 Å². The zero-order valence-corrected chi connectivity index (χ0v) is 14.7. The Balaban J connectivity index is 1.95. The number of carbonyl (C=O) groups is 2. The van der Waals surface area contributed by atoms with E-state index in [1.165, 1.54) is 0 Å². The van der Waals surface area contributed by atoms with Crippen molar-refractivity contribution in [3.63, 3.8) is 0 Å². The Labute approximate surface area is 142 Å². The van der Waals surface area contributed by atoms with Crippen molar-refractivity contribution in [2.24, 2.45) is 0 Å². The van der Waals surface area contributed by atoms with E-state index in [2.05, 4.69) is 36.6 Å². The molecule has 0 aromatic carbocycles. The third-order valence-electron chi connectivity index (χ3n) is 2.91. The molecule has 2 aromatic rings. The Kier molecular flexibility index (Phi) is 5.15. The van der Waals surface area contributed by atoms with E-state index < -0.39 is 5.91 Å². The van der Waals surface area contributed by atoms with Gasteiger partial charge >= 0.3 is 0 Å². The quantitative estimate of drug-likeness (QED) is 0.851. The lowest BCUT2D eigenvalue weighted by Crippen LogP contribution is -2.33. The third kappa shape index (κ3) is 4.62. The Hall–Kier alpha value is -2.22. The molecule has 2 heterocycles. The smallest absolute Gasteiger partial charge is 0.273 e. The number of anilines is 1. The highest BCUT2D eigenvalue weighted by Gasteiger charge is 2.21. The number of hydrogen-bond donors (Lipinski definition) is 2. The number of amides is 2. The average molecular weight is 380 g/mol. The van der Waals surface area contributed by atoms with Crippen LogP contribution in [-0.2, 0) is 10.3 Å². The minimum absolute atomic E-state index is 0.162. The number of aromatic nitrogens is 3. The van der Waals surface area contributed by atoms with Gasteiger partial charge in [0.05, 0.1) is 16.6 Å². The first-order chi connectivity index (χ1) is 10.8. The van der Waals surface area contributed by atoms with Crippen LogP contribution in [0, 0.1) is 0 Å². The van der Waals surface area contributed by atoms with Gasteiger partial charge in [-0.25, -0.2) is 4.98 Å². The molecule has 0 bridgehead atoms. The van der Waals surface area contributed by atoms with Crippen molar-refractivity contribution in [1.29, 1.82) is 0 Å². The molecule has 2 rings (SSSR count). The van der Waals surface area contributed by atoms with Crippen LogP contribution >= 0.6 is 15.9 Å². The first-order valence-electron chi connectivity index (χ1n) is 7.02. The van der Waals surface area contributed by atoms with E-state index in [1.807, 2.05) is 20.8 Å². The van der Waals surface area contributed by atoms with Crippen molar-refractivity contribution in [3.8, 4) is 0 Å². The van der Waals surface area contributed by atoms with Gasteiger partial charge in [0.2, 0.25) is 5.91 Å². The van der Waals surface area contributed by atoms with Gasteiger partial charge in [0.15, 0.2) is 5.69 Å². The highest BCUT2D eigenvalue weighted by atomic mass is 79.9. The van der Waals surface area contributed by atoms with Crippen molar-refractivity contribution in [2.45, 2.75) is 26.3 Å². The summed E-state index contributed by atoms with van der Waals surface area (Å²) in [7, 11) is 0. The van der Waals surface area contributed by atoms with E-state index in [0.29, 0.717) is 10.3 Å². The van der Waals surface area contributed by atoms with Crippen molar-refractivity contribution >= 4 is 33.6 Å². The summed E-state index contributed by atoms with van der Waals surface area (Å²) in [6, 6.07) is 5.18. The third-order valence-corrected chi connectivity index (χ3v) is 3.49. The van der Waals surface area contributed by atoms with Crippen LogP contribution in [0.4, 0.5) is 5.82 Å². The van der Waals surface area contributed by atoms with Gasteiger partial charge in [-0.1, -0.05) is 6.07 Å². The average Bonchev–Trinajstić information content (AvgIpc) is 2.88. The second-order valence-corrected chi connectivity index (χ2v) is 6.74. The molecule has 2 N–H and O–H groups in total. The molecule has 0 aliphatic carbocycles. The van der Waals surface area contributed by atoms with Crippen LogP contribution in [0.3, 0.4) is 0 Å². The molecule has 0 atom stereocenters. The van der Waals surface area contributed by atoms with Crippen LogP contribution in [0.15, 0.2) is 35.1 Å².